The molecule has 2 heterocycles. The molecule has 2 N–H and O–H groups in total. The van der Waals surface area contributed by atoms with E-state index < -0.39 is 6.09 Å². The number of ether oxygens (including phenoxy) is 2. The van der Waals surface area contributed by atoms with Gasteiger partial charge in [0.1, 0.15) is 17.7 Å². The monoisotopic (exact) mass is 402 g/mol. The van der Waals surface area contributed by atoms with E-state index in [1.54, 1.807) is 53.4 Å². The summed E-state index contributed by atoms with van der Waals surface area (Å²) in [6, 6.07) is 10.6. The Kier molecular flexibility index (Phi) is 6.59. The molecule has 2 aromatic rings. The summed E-state index contributed by atoms with van der Waals surface area (Å²) in [4.78, 5) is 30.2. The lowest BCUT2D eigenvalue weighted by Crippen LogP contribution is -2.55. The van der Waals surface area contributed by atoms with Gasteiger partial charge in [-0.25, -0.2) is 9.78 Å². The largest absolute Gasteiger partial charge is 0.496 e. The van der Waals surface area contributed by atoms with Crippen molar-refractivity contribution in [3.8, 4) is 5.75 Å². The molecular formula is C19H22N4O4S. The predicted molar refractivity (Wildman–Crippen MR) is 109 cm³/mol. The van der Waals surface area contributed by atoms with Gasteiger partial charge in [0.2, 0.25) is 0 Å². The van der Waals surface area contributed by atoms with Crippen LogP contribution in [0.25, 0.3) is 0 Å². The first-order valence-electron chi connectivity index (χ1n) is 8.84. The van der Waals surface area contributed by atoms with Gasteiger partial charge in [0, 0.05) is 23.7 Å². The zero-order chi connectivity index (χ0) is 19.9. The average molecular weight is 402 g/mol. The second-order valence-electron chi connectivity index (χ2n) is 6.03. The van der Waals surface area contributed by atoms with Crippen LogP contribution in [-0.4, -0.2) is 53.9 Å². The van der Waals surface area contributed by atoms with E-state index in [9.17, 15) is 9.59 Å². The van der Waals surface area contributed by atoms with Gasteiger partial charge >= 0.3 is 6.09 Å². The number of carbonyl (C=O) groups is 2. The van der Waals surface area contributed by atoms with E-state index in [0.717, 1.165) is 11.4 Å². The topological polar surface area (TPSA) is 92.8 Å². The number of nitrogens with zero attached hydrogens (tertiary/aromatic N) is 2. The third-order valence-corrected chi connectivity index (χ3v) is 4.74. The summed E-state index contributed by atoms with van der Waals surface area (Å²) in [5, 5.41) is 2.55. The third-order valence-electron chi connectivity index (χ3n) is 4.07. The van der Waals surface area contributed by atoms with E-state index in [1.807, 2.05) is 13.0 Å². The molecule has 1 aliphatic heterocycles. The summed E-state index contributed by atoms with van der Waals surface area (Å²) in [6.45, 7) is 2.72. The second kappa shape index (κ2) is 9.32. The summed E-state index contributed by atoms with van der Waals surface area (Å²) in [5.41, 5.74) is 1.35. The Morgan fingerprint density at radius 2 is 2.11 bits per heavy atom. The Morgan fingerprint density at radius 3 is 2.79 bits per heavy atom. The minimum atomic E-state index is -0.586. The van der Waals surface area contributed by atoms with Gasteiger partial charge in [-0.15, -0.1) is 0 Å². The standard InChI is InChI=1S/C19H22N4O4S/c1-3-28-22-13-7-8-15(16(10-13)26-2)18(24)23-11-14(12-23)27-19(25)21-17-6-4-5-9-20-17/h4-10,14,22H,3,11-12H2,1-2H3,(H,20,21,25). The summed E-state index contributed by atoms with van der Waals surface area (Å²) in [7, 11) is 1.53. The number of nitrogens with one attached hydrogen (secondary N) is 2. The average Bonchev–Trinajstić information content (AvgIpc) is 2.68. The van der Waals surface area contributed by atoms with Gasteiger partial charge in [-0.3, -0.25) is 10.1 Å². The van der Waals surface area contributed by atoms with Crippen LogP contribution in [-0.2, 0) is 4.74 Å². The second-order valence-corrected chi connectivity index (χ2v) is 7.10. The van der Waals surface area contributed by atoms with Crippen LogP contribution in [0.2, 0.25) is 0 Å². The zero-order valence-electron chi connectivity index (χ0n) is 15.7. The molecule has 3 rings (SSSR count). The fourth-order valence-corrected chi connectivity index (χ4v) is 3.10. The minimum absolute atomic E-state index is 0.156. The molecule has 2 amide bonds. The first-order valence-corrected chi connectivity index (χ1v) is 9.83. The highest BCUT2D eigenvalue weighted by Gasteiger charge is 2.35. The molecule has 0 spiro atoms. The molecule has 1 fully saturated rings. The van der Waals surface area contributed by atoms with Gasteiger partial charge < -0.3 is 19.1 Å². The van der Waals surface area contributed by atoms with E-state index in [-0.39, 0.29) is 12.0 Å². The Bertz CT molecular complexity index is 828. The SMILES string of the molecule is CCSNc1ccc(C(=O)N2CC(OC(=O)Nc3ccccn3)C2)c(OC)c1. The molecule has 0 bridgehead atoms. The van der Waals surface area contributed by atoms with Crippen molar-refractivity contribution < 1.29 is 19.1 Å². The molecule has 148 valence electrons. The van der Waals surface area contributed by atoms with Crippen LogP contribution in [0, 0.1) is 0 Å². The highest BCUT2D eigenvalue weighted by Crippen LogP contribution is 2.27. The molecular weight excluding hydrogens is 380 g/mol. The van der Waals surface area contributed by atoms with Crippen LogP contribution in [0.5, 0.6) is 5.75 Å². The van der Waals surface area contributed by atoms with Gasteiger partial charge in [0.15, 0.2) is 0 Å². The first-order chi connectivity index (χ1) is 13.6. The molecule has 1 aliphatic rings. The van der Waals surface area contributed by atoms with E-state index >= 15 is 0 Å². The quantitative estimate of drug-likeness (QED) is 0.687. The van der Waals surface area contributed by atoms with Gasteiger partial charge in [-0.2, -0.15) is 0 Å². The summed E-state index contributed by atoms with van der Waals surface area (Å²) < 4.78 is 13.8. The number of hydrogen-bond donors (Lipinski definition) is 2. The van der Waals surface area contributed by atoms with Crippen molar-refractivity contribution in [3.05, 3.63) is 48.2 Å². The fraction of sp³-hybridized carbons (Fsp3) is 0.316. The molecule has 0 atom stereocenters. The minimum Gasteiger partial charge on any atom is -0.496 e. The van der Waals surface area contributed by atoms with Crippen molar-refractivity contribution in [3.63, 3.8) is 0 Å². The number of carbonyl (C=O) groups excluding carboxylic acids is 2. The van der Waals surface area contributed by atoms with Crippen molar-refractivity contribution in [2.75, 3.05) is 36.0 Å². The van der Waals surface area contributed by atoms with Crippen molar-refractivity contribution in [2.24, 2.45) is 0 Å². The van der Waals surface area contributed by atoms with Gasteiger partial charge in [-0.1, -0.05) is 24.9 Å². The van der Waals surface area contributed by atoms with Crippen LogP contribution in [0.1, 0.15) is 17.3 Å². The van der Waals surface area contributed by atoms with Crippen LogP contribution in [0.3, 0.4) is 0 Å². The summed E-state index contributed by atoms with van der Waals surface area (Å²) in [6.07, 6.45) is 0.645. The Balaban J connectivity index is 1.52. The van der Waals surface area contributed by atoms with Gasteiger partial charge in [-0.05, 0) is 24.3 Å². The number of anilines is 2. The van der Waals surface area contributed by atoms with Crippen LogP contribution in [0.15, 0.2) is 42.6 Å². The van der Waals surface area contributed by atoms with Crippen molar-refractivity contribution >= 4 is 35.5 Å². The molecule has 1 saturated heterocycles. The van der Waals surface area contributed by atoms with E-state index in [2.05, 4.69) is 15.0 Å². The molecule has 1 aromatic carbocycles. The fourth-order valence-electron chi connectivity index (χ4n) is 2.66. The maximum Gasteiger partial charge on any atom is 0.413 e. The van der Waals surface area contributed by atoms with Gasteiger partial charge in [0.05, 0.1) is 25.8 Å². The van der Waals surface area contributed by atoms with E-state index in [0.29, 0.717) is 30.2 Å². The first kappa shape index (κ1) is 19.8. The number of amides is 2. The maximum absolute atomic E-state index is 12.7. The Morgan fingerprint density at radius 1 is 1.29 bits per heavy atom. The third kappa shape index (κ3) is 4.86. The van der Waals surface area contributed by atoms with E-state index in [1.165, 1.54) is 7.11 Å². The molecule has 0 aliphatic carbocycles. The number of pyridine rings is 1. The van der Waals surface area contributed by atoms with E-state index in [4.69, 9.17) is 9.47 Å². The molecule has 0 saturated carbocycles. The lowest BCUT2D eigenvalue weighted by molar-refractivity contribution is -0.00223. The highest BCUT2D eigenvalue weighted by molar-refractivity contribution is 8.00. The van der Waals surface area contributed by atoms with Crippen LogP contribution in [0.4, 0.5) is 16.3 Å². The maximum atomic E-state index is 12.7. The van der Waals surface area contributed by atoms with Crippen LogP contribution >= 0.6 is 11.9 Å². The number of benzene rings is 1. The Labute approximate surface area is 167 Å². The highest BCUT2D eigenvalue weighted by atomic mass is 32.2. The lowest BCUT2D eigenvalue weighted by Gasteiger charge is -2.38. The summed E-state index contributed by atoms with van der Waals surface area (Å²) >= 11 is 1.56. The molecule has 8 nitrogen and oxygen atoms in total. The summed E-state index contributed by atoms with van der Waals surface area (Å²) in [5.74, 6) is 1.69. The molecule has 1 aromatic heterocycles. The molecule has 0 radical (unpaired) electrons. The predicted octanol–water partition coefficient (Wildman–Crippen LogP) is 3.24. The molecule has 0 unspecified atom stereocenters. The number of methoxy groups -OCH3 is 1. The smallest absolute Gasteiger partial charge is 0.413 e. The number of likely N-dealkylation sites (tertiary alicyclic amines) is 1. The molecule has 9 heteroatoms. The normalized spacial score (nSPS) is 13.4. The number of aromatic nitrogens is 1. The lowest BCUT2D eigenvalue weighted by atomic mass is 10.1. The van der Waals surface area contributed by atoms with Crippen molar-refractivity contribution in [2.45, 2.75) is 13.0 Å². The Hall–Kier alpha value is -2.94. The number of hydrogen-bond acceptors (Lipinski definition) is 7. The van der Waals surface area contributed by atoms with Crippen molar-refractivity contribution in [1.29, 1.82) is 0 Å². The molecule has 28 heavy (non-hydrogen) atoms. The van der Waals surface area contributed by atoms with Crippen LogP contribution < -0.4 is 14.8 Å². The van der Waals surface area contributed by atoms with Crippen molar-refractivity contribution in [1.82, 2.24) is 9.88 Å². The zero-order valence-corrected chi connectivity index (χ0v) is 16.5. The number of rotatable bonds is 7. The van der Waals surface area contributed by atoms with Gasteiger partial charge in [0.25, 0.3) is 5.91 Å².